The summed E-state index contributed by atoms with van der Waals surface area (Å²) in [5.74, 6) is 0.169. The standard InChI is InChI=1S/C50H68N2O10.C28H41NO5/c1-8-9-10-11-30-45(53)52(32-19-27-40-34-44(60-7)36(3)21-13-15-23-38-25-17-29-42(58-5)47(38)49(55)62-40)50(56)51-31-18-26-39-33-43(59-6)35(2)20-12-14-22-37-24-16-28-41(57-4)46(37)48(54)61-39;1-5-6-7-8-18-26(30)29-19-12-16-23-20-25(33-4)21(2)13-9-10-14-22-15-11-17-24(32-3)27(22)28(31)34-23/h12-19,24-25,28-29,31-32,35-36,39-40,43-44H,8-11,20-23,26-27,30,33-34H2,1-7H3,(H,51,56);9-12,15,17,19,21,23,25H,5-8,13-14,16,18,20H2,1-4H3,(H,29,30)/b14-12+,15-13+,31-18+,32-19+;10-9+,19-12+/t35-,36-,39-,40?,43+,44+;21-,23?,25+/m00/s1. The Morgan fingerprint density at radius 3 is 1.21 bits per heavy atom. The maximum Gasteiger partial charge on any atom is 0.342 e. The van der Waals surface area contributed by atoms with Crippen molar-refractivity contribution in [3.63, 3.8) is 0 Å². The van der Waals surface area contributed by atoms with Crippen LogP contribution in [0, 0.1) is 17.8 Å². The van der Waals surface area contributed by atoms with Gasteiger partial charge in [0.2, 0.25) is 11.8 Å². The highest BCUT2D eigenvalue weighted by Gasteiger charge is 2.31. The lowest BCUT2D eigenvalue weighted by molar-refractivity contribution is -0.126. The number of benzene rings is 3. The van der Waals surface area contributed by atoms with Gasteiger partial charge in [-0.15, -0.1) is 0 Å². The number of nitrogens with one attached hydrogen (secondary N) is 2. The van der Waals surface area contributed by atoms with Crippen molar-refractivity contribution < 1.29 is 71.4 Å². The highest BCUT2D eigenvalue weighted by Crippen LogP contribution is 2.32. The normalized spacial score (nSPS) is 23.1. The van der Waals surface area contributed by atoms with E-state index in [-0.39, 0.29) is 67.1 Å². The quantitative estimate of drug-likeness (QED) is 0.0349. The summed E-state index contributed by atoms with van der Waals surface area (Å²) in [6, 6.07) is 15.9. The highest BCUT2D eigenvalue weighted by molar-refractivity contribution is 5.97. The van der Waals surface area contributed by atoms with Gasteiger partial charge in [-0.25, -0.2) is 24.1 Å². The number of amides is 4. The van der Waals surface area contributed by atoms with Crippen LogP contribution in [0.3, 0.4) is 0 Å². The van der Waals surface area contributed by atoms with Gasteiger partial charge >= 0.3 is 23.9 Å². The number of unbranched alkanes of at least 4 members (excludes halogenated alkanes) is 6. The third-order valence-corrected chi connectivity index (χ3v) is 17.9. The fourth-order valence-corrected chi connectivity index (χ4v) is 12.1. The molecule has 0 aromatic heterocycles. The third-order valence-electron chi connectivity index (χ3n) is 17.9. The number of nitrogens with zero attached hydrogens (tertiary/aromatic N) is 1. The molecule has 0 saturated heterocycles. The summed E-state index contributed by atoms with van der Waals surface area (Å²) >= 11 is 0. The number of hydrogen-bond acceptors (Lipinski definition) is 15. The van der Waals surface area contributed by atoms with Gasteiger partial charge in [-0.05, 0) is 110 Å². The lowest BCUT2D eigenvalue weighted by Crippen LogP contribution is -2.38. The van der Waals surface area contributed by atoms with E-state index in [0.29, 0.717) is 91.7 Å². The minimum Gasteiger partial charge on any atom is -0.496 e. The predicted molar refractivity (Wildman–Crippen MR) is 375 cm³/mol. The Bertz CT molecular complexity index is 3090. The summed E-state index contributed by atoms with van der Waals surface area (Å²) in [5, 5.41) is 5.57. The second kappa shape index (κ2) is 44.1. The molecule has 0 fully saturated rings. The summed E-state index contributed by atoms with van der Waals surface area (Å²) in [6.45, 7) is 10.6. The topological polar surface area (TPSA) is 213 Å². The zero-order valence-corrected chi connectivity index (χ0v) is 58.9. The van der Waals surface area contributed by atoms with E-state index < -0.39 is 42.3 Å². The van der Waals surface area contributed by atoms with Gasteiger partial charge in [0.15, 0.2) is 0 Å². The maximum absolute atomic E-state index is 13.8. The minimum atomic E-state index is -0.646. The molecule has 3 aliphatic heterocycles. The number of ether oxygens (including phenoxy) is 9. The van der Waals surface area contributed by atoms with Crippen molar-refractivity contribution in [2.24, 2.45) is 17.8 Å². The van der Waals surface area contributed by atoms with E-state index in [0.717, 1.165) is 85.8 Å². The molecular weight excluding hydrogens is 1220 g/mol. The Morgan fingerprint density at radius 2 is 0.844 bits per heavy atom. The van der Waals surface area contributed by atoms with Crippen molar-refractivity contribution in [2.75, 3.05) is 42.7 Å². The maximum atomic E-state index is 13.8. The molecule has 0 bridgehead atoms. The monoisotopic (exact) mass is 1330 g/mol. The Labute approximate surface area is 571 Å². The van der Waals surface area contributed by atoms with Crippen LogP contribution in [0.15, 0.2) is 128 Å². The number of allylic oxidation sites excluding steroid dienone is 6. The first kappa shape index (κ1) is 78.9. The minimum absolute atomic E-state index is 0.0110. The van der Waals surface area contributed by atoms with Crippen molar-refractivity contribution in [2.45, 2.75) is 213 Å². The Morgan fingerprint density at radius 1 is 0.479 bits per heavy atom. The molecule has 0 saturated carbocycles. The molecule has 526 valence electrons. The number of cyclic esters (lactones) is 3. The summed E-state index contributed by atoms with van der Waals surface area (Å²) in [4.78, 5) is 81.3. The zero-order valence-electron chi connectivity index (χ0n) is 58.9. The molecule has 18 nitrogen and oxygen atoms in total. The molecule has 96 heavy (non-hydrogen) atoms. The lowest BCUT2D eigenvalue weighted by atomic mass is 9.93. The molecule has 9 atom stereocenters. The van der Waals surface area contributed by atoms with Gasteiger partial charge in [0.25, 0.3) is 0 Å². The van der Waals surface area contributed by atoms with Gasteiger partial charge in [-0.2, -0.15) is 0 Å². The second-order valence-corrected chi connectivity index (χ2v) is 25.1. The van der Waals surface area contributed by atoms with E-state index >= 15 is 0 Å². The molecule has 0 spiro atoms. The Balaban J connectivity index is 0.000000413. The van der Waals surface area contributed by atoms with Crippen molar-refractivity contribution in [1.29, 1.82) is 0 Å². The number of esters is 3. The summed E-state index contributed by atoms with van der Waals surface area (Å²) in [5.41, 5.74) is 3.68. The molecule has 4 amide bonds. The molecule has 6 rings (SSSR count). The van der Waals surface area contributed by atoms with Crippen molar-refractivity contribution in [3.8, 4) is 17.2 Å². The average molecular weight is 1330 g/mol. The zero-order chi connectivity index (χ0) is 69.6. The number of methoxy groups -OCH3 is 6. The molecular formula is C78H109N3O15. The van der Waals surface area contributed by atoms with Crippen LogP contribution in [-0.2, 0) is 57.3 Å². The van der Waals surface area contributed by atoms with Crippen molar-refractivity contribution in [1.82, 2.24) is 15.5 Å². The van der Waals surface area contributed by atoms with Gasteiger partial charge in [0.1, 0.15) is 52.3 Å². The van der Waals surface area contributed by atoms with Gasteiger partial charge in [-0.3, -0.25) is 9.59 Å². The van der Waals surface area contributed by atoms with Gasteiger partial charge in [0, 0.05) is 85.1 Å². The van der Waals surface area contributed by atoms with E-state index in [4.69, 9.17) is 42.6 Å². The molecule has 3 aromatic carbocycles. The molecule has 3 aliphatic rings. The summed E-state index contributed by atoms with van der Waals surface area (Å²) in [7, 11) is 9.61. The van der Waals surface area contributed by atoms with Crippen molar-refractivity contribution in [3.05, 3.63) is 161 Å². The van der Waals surface area contributed by atoms with Crippen molar-refractivity contribution >= 4 is 35.8 Å². The number of hydrogen-bond donors (Lipinski definition) is 2. The van der Waals surface area contributed by atoms with E-state index in [1.165, 1.54) is 26.6 Å². The molecule has 0 radical (unpaired) electrons. The third kappa shape index (κ3) is 26.0. The Kier molecular flexibility index (Phi) is 36.2. The fourth-order valence-electron chi connectivity index (χ4n) is 12.1. The van der Waals surface area contributed by atoms with Gasteiger partial charge in [0.05, 0.1) is 39.6 Å². The van der Waals surface area contributed by atoms with E-state index in [1.807, 2.05) is 48.6 Å². The average Bonchev–Trinajstić information content (AvgIpc) is 0.857. The number of imide groups is 1. The molecule has 2 unspecified atom stereocenters. The van der Waals surface area contributed by atoms with Crippen LogP contribution in [0.4, 0.5) is 4.79 Å². The molecule has 0 aliphatic carbocycles. The number of urea groups is 1. The first-order valence-corrected chi connectivity index (χ1v) is 34.6. The van der Waals surface area contributed by atoms with Crippen LogP contribution in [0.25, 0.3) is 0 Å². The fraction of sp³-hybridized carbons (Fsp3) is 0.538. The number of carbonyl (C=O) groups excluding carboxylic acids is 6. The second-order valence-electron chi connectivity index (χ2n) is 25.1. The molecule has 3 heterocycles. The van der Waals surface area contributed by atoms with Crippen LogP contribution in [-0.4, -0.2) is 120 Å². The highest BCUT2D eigenvalue weighted by atomic mass is 16.6. The summed E-state index contributed by atoms with van der Waals surface area (Å²) < 4.78 is 52.4. The van der Waals surface area contributed by atoms with Crippen LogP contribution in [0.5, 0.6) is 17.2 Å². The van der Waals surface area contributed by atoms with E-state index in [1.54, 1.807) is 65.0 Å². The largest absolute Gasteiger partial charge is 0.496 e. The number of rotatable bonds is 25. The van der Waals surface area contributed by atoms with E-state index in [9.17, 15) is 28.8 Å². The molecule has 3 aromatic rings. The molecule has 18 heteroatoms. The van der Waals surface area contributed by atoms with Crippen LogP contribution in [0.2, 0.25) is 0 Å². The van der Waals surface area contributed by atoms with Crippen LogP contribution < -0.4 is 24.8 Å². The predicted octanol–water partition coefficient (Wildman–Crippen LogP) is 15.6. The lowest BCUT2D eigenvalue weighted by Gasteiger charge is -2.27. The van der Waals surface area contributed by atoms with E-state index in [2.05, 4.69) is 75.6 Å². The SMILES string of the molecule is CCCCCCC(=O)N(/C=C/CC1C[C@@H](OC)[C@@H](C)C/C=C/Cc2cccc(OC)c2C(=O)O1)C(=O)N/C=C/C[C@H]1C[C@@H](OC)[C@@H](C)C/C=C/Cc2cccc(OC)c2C(=O)O1.CCCCCCC(=O)N/C=C/CC1C[C@@H](OC)[C@@H](C)C/C=C/Cc2cccc(OC)c2C(=O)O1. The number of fused-ring (bicyclic) bond motifs is 3. The summed E-state index contributed by atoms with van der Waals surface area (Å²) in [6.07, 6.45) is 35.3. The van der Waals surface area contributed by atoms with Crippen LogP contribution in [0.1, 0.15) is 204 Å². The first-order valence-electron chi connectivity index (χ1n) is 34.6. The van der Waals surface area contributed by atoms with Gasteiger partial charge in [-0.1, -0.05) is 164 Å². The van der Waals surface area contributed by atoms with Crippen LogP contribution >= 0.6 is 0 Å². The first-order chi connectivity index (χ1) is 46.5. The van der Waals surface area contributed by atoms with Gasteiger partial charge < -0.3 is 53.3 Å². The smallest absolute Gasteiger partial charge is 0.342 e. The number of carbonyl (C=O) groups is 6. The Hall–Kier alpha value is -7.80. The molecule has 2 N–H and O–H groups in total.